The monoisotopic (exact) mass is 210 g/mol. The fourth-order valence-corrected chi connectivity index (χ4v) is 2.26. The SMILES string of the molecule is CC(C)C1=NN(C(C)C)CC1(C)C(C)C. The highest BCUT2D eigenvalue weighted by atomic mass is 15.5. The molecule has 0 amide bonds. The van der Waals surface area contributed by atoms with Crippen LogP contribution >= 0.6 is 0 Å². The van der Waals surface area contributed by atoms with Crippen molar-refractivity contribution in [3.63, 3.8) is 0 Å². The summed E-state index contributed by atoms with van der Waals surface area (Å²) >= 11 is 0. The van der Waals surface area contributed by atoms with Gasteiger partial charge < -0.3 is 0 Å². The van der Waals surface area contributed by atoms with Gasteiger partial charge in [0, 0.05) is 23.7 Å². The Morgan fingerprint density at radius 3 is 1.93 bits per heavy atom. The Bertz CT molecular complexity index is 253. The lowest BCUT2D eigenvalue weighted by atomic mass is 9.72. The van der Waals surface area contributed by atoms with Crippen molar-refractivity contribution in [2.45, 2.75) is 54.5 Å². The quantitative estimate of drug-likeness (QED) is 0.697. The summed E-state index contributed by atoms with van der Waals surface area (Å²) in [6.07, 6.45) is 0. The van der Waals surface area contributed by atoms with E-state index >= 15 is 0 Å². The molecule has 0 spiro atoms. The molecule has 0 saturated carbocycles. The molecular formula is C13H26N2. The Morgan fingerprint density at radius 2 is 1.67 bits per heavy atom. The molecule has 0 aromatic heterocycles. The van der Waals surface area contributed by atoms with Crippen molar-refractivity contribution in [3.8, 4) is 0 Å². The minimum Gasteiger partial charge on any atom is -0.294 e. The Balaban J connectivity index is 2.98. The average Bonchev–Trinajstić information content (AvgIpc) is 2.44. The van der Waals surface area contributed by atoms with Crippen LogP contribution in [0.1, 0.15) is 48.5 Å². The summed E-state index contributed by atoms with van der Waals surface area (Å²) < 4.78 is 0. The molecule has 1 rings (SSSR count). The van der Waals surface area contributed by atoms with Gasteiger partial charge in [0.25, 0.3) is 0 Å². The molecule has 0 fully saturated rings. The minimum atomic E-state index is 0.262. The minimum absolute atomic E-state index is 0.262. The molecule has 1 unspecified atom stereocenters. The fourth-order valence-electron chi connectivity index (χ4n) is 2.26. The second-order valence-electron chi connectivity index (χ2n) is 5.90. The zero-order valence-corrected chi connectivity index (χ0v) is 11.3. The van der Waals surface area contributed by atoms with Gasteiger partial charge in [-0.3, -0.25) is 5.01 Å². The second kappa shape index (κ2) is 4.15. The van der Waals surface area contributed by atoms with Crippen LogP contribution in [-0.4, -0.2) is 23.3 Å². The summed E-state index contributed by atoms with van der Waals surface area (Å²) in [5.74, 6) is 1.21. The lowest BCUT2D eigenvalue weighted by Gasteiger charge is -2.33. The summed E-state index contributed by atoms with van der Waals surface area (Å²) in [5.41, 5.74) is 1.64. The van der Waals surface area contributed by atoms with Crippen molar-refractivity contribution in [2.24, 2.45) is 22.4 Å². The molecular weight excluding hydrogens is 184 g/mol. The molecule has 0 radical (unpaired) electrons. The number of nitrogens with zero attached hydrogens (tertiary/aromatic N) is 2. The molecule has 0 bridgehead atoms. The molecule has 1 aliphatic rings. The Hall–Kier alpha value is -0.530. The van der Waals surface area contributed by atoms with Crippen LogP contribution in [0.3, 0.4) is 0 Å². The molecule has 0 aromatic rings. The molecule has 15 heavy (non-hydrogen) atoms. The van der Waals surface area contributed by atoms with E-state index in [4.69, 9.17) is 5.10 Å². The number of rotatable bonds is 3. The van der Waals surface area contributed by atoms with Crippen molar-refractivity contribution in [1.29, 1.82) is 0 Å². The maximum Gasteiger partial charge on any atom is 0.0485 e. The summed E-state index contributed by atoms with van der Waals surface area (Å²) in [4.78, 5) is 0. The number of hydrogen-bond acceptors (Lipinski definition) is 2. The van der Waals surface area contributed by atoms with Crippen molar-refractivity contribution in [3.05, 3.63) is 0 Å². The molecule has 2 heteroatoms. The van der Waals surface area contributed by atoms with Crippen molar-refractivity contribution < 1.29 is 0 Å². The lowest BCUT2D eigenvalue weighted by Crippen LogP contribution is -2.39. The third kappa shape index (κ3) is 2.19. The van der Waals surface area contributed by atoms with Crippen LogP contribution in [0.5, 0.6) is 0 Å². The molecule has 0 aromatic carbocycles. The van der Waals surface area contributed by atoms with E-state index in [1.807, 2.05) is 0 Å². The maximum absolute atomic E-state index is 4.81. The number of hydrazone groups is 1. The molecule has 0 aliphatic carbocycles. The van der Waals surface area contributed by atoms with Crippen LogP contribution in [0.15, 0.2) is 5.10 Å². The first-order chi connectivity index (χ1) is 6.79. The molecule has 0 saturated heterocycles. The first-order valence-electron chi connectivity index (χ1n) is 6.14. The van der Waals surface area contributed by atoms with Crippen LogP contribution in [0.4, 0.5) is 0 Å². The zero-order chi connectivity index (χ0) is 11.8. The van der Waals surface area contributed by atoms with E-state index in [0.29, 0.717) is 17.9 Å². The van der Waals surface area contributed by atoms with Crippen molar-refractivity contribution >= 4 is 5.71 Å². The summed E-state index contributed by atoms with van der Waals surface area (Å²) in [5, 5.41) is 7.06. The lowest BCUT2D eigenvalue weighted by molar-refractivity contribution is 0.182. The highest BCUT2D eigenvalue weighted by Crippen LogP contribution is 2.38. The van der Waals surface area contributed by atoms with Crippen LogP contribution in [-0.2, 0) is 0 Å². The molecule has 1 aliphatic heterocycles. The van der Waals surface area contributed by atoms with Crippen molar-refractivity contribution in [1.82, 2.24) is 5.01 Å². The van der Waals surface area contributed by atoms with E-state index in [0.717, 1.165) is 6.54 Å². The Kier molecular flexibility index (Phi) is 3.47. The molecule has 0 N–H and O–H groups in total. The predicted molar refractivity (Wildman–Crippen MR) is 67.1 cm³/mol. The maximum atomic E-state index is 4.81. The van der Waals surface area contributed by atoms with Gasteiger partial charge in [-0.15, -0.1) is 0 Å². The topological polar surface area (TPSA) is 15.6 Å². The van der Waals surface area contributed by atoms with E-state index in [1.54, 1.807) is 0 Å². The van der Waals surface area contributed by atoms with Crippen LogP contribution in [0.25, 0.3) is 0 Å². The standard InChI is InChI=1S/C13H26N2/c1-9(2)12-13(7,10(3)4)8-15(14-12)11(5)6/h9-11H,8H2,1-7H3. The molecule has 2 nitrogen and oxygen atoms in total. The summed E-state index contributed by atoms with van der Waals surface area (Å²) in [6.45, 7) is 17.0. The van der Waals surface area contributed by atoms with Gasteiger partial charge in [0.05, 0.1) is 0 Å². The van der Waals surface area contributed by atoms with E-state index in [9.17, 15) is 0 Å². The van der Waals surface area contributed by atoms with Gasteiger partial charge in [-0.2, -0.15) is 5.10 Å². The van der Waals surface area contributed by atoms with Gasteiger partial charge in [-0.1, -0.05) is 34.6 Å². The predicted octanol–water partition coefficient (Wildman–Crippen LogP) is 3.38. The Morgan fingerprint density at radius 1 is 1.13 bits per heavy atom. The first kappa shape index (κ1) is 12.5. The third-order valence-electron chi connectivity index (χ3n) is 3.73. The third-order valence-corrected chi connectivity index (χ3v) is 3.73. The largest absolute Gasteiger partial charge is 0.294 e. The zero-order valence-electron chi connectivity index (χ0n) is 11.3. The highest BCUT2D eigenvalue weighted by Gasteiger charge is 2.42. The smallest absolute Gasteiger partial charge is 0.0485 e. The first-order valence-corrected chi connectivity index (χ1v) is 6.14. The molecule has 1 heterocycles. The highest BCUT2D eigenvalue weighted by molar-refractivity contribution is 5.93. The average molecular weight is 210 g/mol. The Labute approximate surface area is 94.7 Å². The van der Waals surface area contributed by atoms with E-state index < -0.39 is 0 Å². The fraction of sp³-hybridized carbons (Fsp3) is 0.923. The van der Waals surface area contributed by atoms with Crippen LogP contribution < -0.4 is 0 Å². The normalized spacial score (nSPS) is 27.1. The molecule has 88 valence electrons. The molecule has 1 atom stereocenters. The summed E-state index contributed by atoms with van der Waals surface area (Å²) in [6, 6.07) is 0.513. The summed E-state index contributed by atoms with van der Waals surface area (Å²) in [7, 11) is 0. The van der Waals surface area contributed by atoms with Crippen molar-refractivity contribution in [2.75, 3.05) is 6.54 Å². The van der Waals surface area contributed by atoms with Crippen LogP contribution in [0, 0.1) is 17.3 Å². The van der Waals surface area contributed by atoms with E-state index in [-0.39, 0.29) is 5.41 Å². The number of hydrogen-bond donors (Lipinski definition) is 0. The van der Waals surface area contributed by atoms with Gasteiger partial charge in [-0.25, -0.2) is 0 Å². The van der Waals surface area contributed by atoms with Gasteiger partial charge in [0.2, 0.25) is 0 Å². The second-order valence-corrected chi connectivity index (χ2v) is 5.90. The van der Waals surface area contributed by atoms with E-state index in [2.05, 4.69) is 53.5 Å². The van der Waals surface area contributed by atoms with E-state index in [1.165, 1.54) is 5.71 Å². The van der Waals surface area contributed by atoms with Gasteiger partial charge in [0.1, 0.15) is 0 Å². The van der Waals surface area contributed by atoms with Gasteiger partial charge in [0.15, 0.2) is 0 Å². The van der Waals surface area contributed by atoms with Crippen LogP contribution in [0.2, 0.25) is 0 Å². The van der Waals surface area contributed by atoms with Gasteiger partial charge >= 0.3 is 0 Å². The van der Waals surface area contributed by atoms with Gasteiger partial charge in [-0.05, 0) is 25.7 Å².